The zero-order valence-electron chi connectivity index (χ0n) is 10.6. The maximum atomic E-state index is 13.9. The number of aromatic nitrogens is 2. The molecule has 0 fully saturated rings. The number of hydrogen-bond donors (Lipinski definition) is 1. The normalized spacial score (nSPS) is 11.1. The minimum absolute atomic E-state index is 0.264. The number of nitrogens with zero attached hydrogens (tertiary/aromatic N) is 2. The SMILES string of the molecule is Cn1c(-c2ccccc2F)nc2ccc(CN)cc21. The first-order valence-corrected chi connectivity index (χ1v) is 6.11. The summed E-state index contributed by atoms with van der Waals surface area (Å²) >= 11 is 0. The Morgan fingerprint density at radius 2 is 2.00 bits per heavy atom. The zero-order valence-corrected chi connectivity index (χ0v) is 10.6. The quantitative estimate of drug-likeness (QED) is 0.765. The summed E-state index contributed by atoms with van der Waals surface area (Å²) in [5.74, 6) is 0.363. The fourth-order valence-electron chi connectivity index (χ4n) is 2.25. The molecule has 1 heterocycles. The molecule has 0 aliphatic carbocycles. The van der Waals surface area contributed by atoms with Gasteiger partial charge in [-0.2, -0.15) is 0 Å². The summed E-state index contributed by atoms with van der Waals surface area (Å²) in [6.45, 7) is 0.482. The van der Waals surface area contributed by atoms with E-state index in [0.29, 0.717) is 17.9 Å². The molecule has 0 atom stereocenters. The second-order valence-electron chi connectivity index (χ2n) is 4.50. The highest BCUT2D eigenvalue weighted by Crippen LogP contribution is 2.26. The maximum absolute atomic E-state index is 13.9. The van der Waals surface area contributed by atoms with Gasteiger partial charge in [0.2, 0.25) is 0 Å². The Balaban J connectivity index is 2.26. The van der Waals surface area contributed by atoms with E-state index in [2.05, 4.69) is 4.98 Å². The Morgan fingerprint density at radius 3 is 2.74 bits per heavy atom. The van der Waals surface area contributed by atoms with Crippen LogP contribution in [0.15, 0.2) is 42.5 Å². The van der Waals surface area contributed by atoms with Crippen LogP contribution in [0.4, 0.5) is 4.39 Å². The van der Waals surface area contributed by atoms with Gasteiger partial charge in [-0.25, -0.2) is 9.37 Å². The molecule has 0 unspecified atom stereocenters. The molecule has 0 spiro atoms. The molecule has 0 aliphatic heterocycles. The number of halogens is 1. The fraction of sp³-hybridized carbons (Fsp3) is 0.133. The Kier molecular flexibility index (Phi) is 2.80. The summed E-state index contributed by atoms with van der Waals surface area (Å²) in [4.78, 5) is 4.50. The van der Waals surface area contributed by atoms with Crippen molar-refractivity contribution in [3.05, 3.63) is 53.8 Å². The van der Waals surface area contributed by atoms with Crippen LogP contribution in [-0.2, 0) is 13.6 Å². The summed E-state index contributed by atoms with van der Waals surface area (Å²) < 4.78 is 15.8. The molecule has 3 nitrogen and oxygen atoms in total. The first-order valence-electron chi connectivity index (χ1n) is 6.11. The van der Waals surface area contributed by atoms with E-state index in [1.165, 1.54) is 6.07 Å². The van der Waals surface area contributed by atoms with Gasteiger partial charge in [0.15, 0.2) is 0 Å². The first-order chi connectivity index (χ1) is 9.20. The molecular weight excluding hydrogens is 241 g/mol. The van der Waals surface area contributed by atoms with Crippen molar-refractivity contribution in [1.29, 1.82) is 0 Å². The Hall–Kier alpha value is -2.20. The van der Waals surface area contributed by atoms with Gasteiger partial charge in [0, 0.05) is 13.6 Å². The van der Waals surface area contributed by atoms with Gasteiger partial charge in [-0.3, -0.25) is 0 Å². The Morgan fingerprint density at radius 1 is 1.21 bits per heavy atom. The zero-order chi connectivity index (χ0) is 13.4. The van der Waals surface area contributed by atoms with Crippen LogP contribution in [-0.4, -0.2) is 9.55 Å². The van der Waals surface area contributed by atoms with E-state index < -0.39 is 0 Å². The van der Waals surface area contributed by atoms with Crippen molar-refractivity contribution in [2.45, 2.75) is 6.54 Å². The van der Waals surface area contributed by atoms with Gasteiger partial charge >= 0.3 is 0 Å². The van der Waals surface area contributed by atoms with Crippen molar-refractivity contribution in [2.24, 2.45) is 12.8 Å². The number of imidazole rings is 1. The summed E-state index contributed by atoms with van der Waals surface area (Å²) in [6, 6.07) is 12.5. The smallest absolute Gasteiger partial charge is 0.143 e. The summed E-state index contributed by atoms with van der Waals surface area (Å²) in [5.41, 5.74) is 9.00. The summed E-state index contributed by atoms with van der Waals surface area (Å²) in [7, 11) is 1.89. The second-order valence-corrected chi connectivity index (χ2v) is 4.50. The van der Waals surface area contributed by atoms with Crippen LogP contribution < -0.4 is 5.73 Å². The lowest BCUT2D eigenvalue weighted by Gasteiger charge is -2.04. The van der Waals surface area contributed by atoms with Crippen LogP contribution in [0.3, 0.4) is 0 Å². The third-order valence-corrected chi connectivity index (χ3v) is 3.30. The molecule has 4 heteroatoms. The van der Waals surface area contributed by atoms with Crippen molar-refractivity contribution in [1.82, 2.24) is 9.55 Å². The number of rotatable bonds is 2. The lowest BCUT2D eigenvalue weighted by atomic mass is 10.2. The predicted molar refractivity (Wildman–Crippen MR) is 74.0 cm³/mol. The lowest BCUT2D eigenvalue weighted by Crippen LogP contribution is -1.97. The minimum Gasteiger partial charge on any atom is -0.327 e. The van der Waals surface area contributed by atoms with Gasteiger partial charge in [-0.15, -0.1) is 0 Å². The van der Waals surface area contributed by atoms with Gasteiger partial charge in [-0.1, -0.05) is 18.2 Å². The number of benzene rings is 2. The van der Waals surface area contributed by atoms with Gasteiger partial charge < -0.3 is 10.3 Å². The molecule has 0 bridgehead atoms. The van der Waals surface area contributed by atoms with E-state index in [1.54, 1.807) is 12.1 Å². The highest BCUT2D eigenvalue weighted by atomic mass is 19.1. The number of hydrogen-bond acceptors (Lipinski definition) is 2. The number of aryl methyl sites for hydroxylation is 1. The molecule has 2 aromatic carbocycles. The first kappa shape index (κ1) is 11.9. The molecule has 0 aliphatic rings. The van der Waals surface area contributed by atoms with Gasteiger partial charge in [-0.05, 0) is 29.8 Å². The molecule has 0 amide bonds. The number of nitrogens with two attached hydrogens (primary N) is 1. The van der Waals surface area contributed by atoms with E-state index in [0.717, 1.165) is 16.6 Å². The summed E-state index contributed by atoms with van der Waals surface area (Å²) in [5, 5.41) is 0. The highest BCUT2D eigenvalue weighted by Gasteiger charge is 2.13. The molecule has 3 rings (SSSR count). The molecule has 96 valence electrons. The number of fused-ring (bicyclic) bond motifs is 1. The van der Waals surface area contributed by atoms with Gasteiger partial charge in [0.1, 0.15) is 11.6 Å². The topological polar surface area (TPSA) is 43.8 Å². The van der Waals surface area contributed by atoms with E-state index in [9.17, 15) is 4.39 Å². The molecule has 2 N–H and O–H groups in total. The average Bonchev–Trinajstić information content (AvgIpc) is 2.76. The van der Waals surface area contributed by atoms with Crippen molar-refractivity contribution < 1.29 is 4.39 Å². The van der Waals surface area contributed by atoms with Gasteiger partial charge in [0.25, 0.3) is 0 Å². The largest absolute Gasteiger partial charge is 0.327 e. The summed E-state index contributed by atoms with van der Waals surface area (Å²) in [6.07, 6.45) is 0. The average molecular weight is 255 g/mol. The van der Waals surface area contributed by atoms with E-state index in [1.807, 2.05) is 35.9 Å². The van der Waals surface area contributed by atoms with Crippen LogP contribution >= 0.6 is 0 Å². The van der Waals surface area contributed by atoms with Crippen LogP contribution in [0.5, 0.6) is 0 Å². The monoisotopic (exact) mass is 255 g/mol. The molecule has 19 heavy (non-hydrogen) atoms. The van der Waals surface area contributed by atoms with Crippen LogP contribution in [0, 0.1) is 5.82 Å². The maximum Gasteiger partial charge on any atom is 0.143 e. The van der Waals surface area contributed by atoms with Crippen LogP contribution in [0.2, 0.25) is 0 Å². The molecule has 3 aromatic rings. The van der Waals surface area contributed by atoms with Crippen molar-refractivity contribution in [3.8, 4) is 11.4 Å². The Bertz CT molecular complexity index is 746. The standard InChI is InChI=1S/C15H14FN3/c1-19-14-8-10(9-17)6-7-13(14)18-15(19)11-4-2-3-5-12(11)16/h2-8H,9,17H2,1H3. The van der Waals surface area contributed by atoms with Crippen molar-refractivity contribution in [3.63, 3.8) is 0 Å². The van der Waals surface area contributed by atoms with Gasteiger partial charge in [0.05, 0.1) is 16.6 Å². The van der Waals surface area contributed by atoms with E-state index in [-0.39, 0.29) is 5.82 Å². The lowest BCUT2D eigenvalue weighted by molar-refractivity contribution is 0.629. The highest BCUT2D eigenvalue weighted by molar-refractivity contribution is 5.81. The minimum atomic E-state index is -0.264. The van der Waals surface area contributed by atoms with E-state index in [4.69, 9.17) is 5.73 Å². The molecule has 0 saturated heterocycles. The van der Waals surface area contributed by atoms with Crippen LogP contribution in [0.25, 0.3) is 22.4 Å². The second kappa shape index (κ2) is 4.48. The molecule has 0 radical (unpaired) electrons. The third kappa shape index (κ3) is 1.90. The van der Waals surface area contributed by atoms with Crippen molar-refractivity contribution in [2.75, 3.05) is 0 Å². The molecule has 0 saturated carbocycles. The predicted octanol–water partition coefficient (Wildman–Crippen LogP) is 2.84. The fourth-order valence-corrected chi connectivity index (χ4v) is 2.25. The molecular formula is C15H14FN3. The third-order valence-electron chi connectivity index (χ3n) is 3.30. The molecule has 1 aromatic heterocycles. The van der Waals surface area contributed by atoms with Crippen LogP contribution in [0.1, 0.15) is 5.56 Å². The van der Waals surface area contributed by atoms with E-state index >= 15 is 0 Å². The van der Waals surface area contributed by atoms with Crippen molar-refractivity contribution >= 4 is 11.0 Å². The Labute approximate surface area is 110 Å².